The summed E-state index contributed by atoms with van der Waals surface area (Å²) in [6, 6.07) is 9.53. The second-order valence-electron chi connectivity index (χ2n) is 7.45. The number of nitrogens with zero attached hydrogens (tertiary/aromatic N) is 4. The van der Waals surface area contributed by atoms with Crippen LogP contribution in [-0.4, -0.2) is 40.6 Å². The van der Waals surface area contributed by atoms with Crippen molar-refractivity contribution >= 4 is 17.5 Å². The molecule has 5 rings (SSSR count). The first-order valence-electron chi connectivity index (χ1n) is 9.10. The molecule has 0 radical (unpaired) electrons. The lowest BCUT2D eigenvalue weighted by Gasteiger charge is -2.38. The van der Waals surface area contributed by atoms with Crippen LogP contribution in [0.1, 0.15) is 21.5 Å². The maximum Gasteiger partial charge on any atom is 0.248 e. The van der Waals surface area contributed by atoms with Gasteiger partial charge in [-0.15, -0.1) is 0 Å². The molecule has 0 bridgehead atoms. The molecule has 7 heteroatoms. The number of carbonyl (C=O) groups is 1. The van der Waals surface area contributed by atoms with Crippen molar-refractivity contribution in [2.24, 2.45) is 5.73 Å². The van der Waals surface area contributed by atoms with E-state index in [-0.39, 0.29) is 5.41 Å². The highest BCUT2D eigenvalue weighted by atomic mass is 16.5. The third kappa shape index (κ3) is 2.55. The number of rotatable bonds is 3. The predicted octanol–water partition coefficient (Wildman–Crippen LogP) is 2.37. The molecule has 1 amide bonds. The number of fused-ring (bicyclic) bond motifs is 2. The molecular weight excluding hydrogens is 354 g/mol. The van der Waals surface area contributed by atoms with Crippen LogP contribution in [-0.2, 0) is 10.2 Å². The number of benzene rings is 1. The number of aryl methyl sites for hydroxylation is 1. The second-order valence-corrected chi connectivity index (χ2v) is 7.45. The Bertz CT molecular complexity index is 1080. The summed E-state index contributed by atoms with van der Waals surface area (Å²) in [5.41, 5.74) is 10.8. The number of aromatic nitrogens is 3. The number of carbonyl (C=O) groups excluding carboxylic acids is 1. The van der Waals surface area contributed by atoms with Crippen LogP contribution in [0.2, 0.25) is 0 Å². The van der Waals surface area contributed by atoms with Crippen molar-refractivity contribution in [1.29, 1.82) is 0 Å². The van der Waals surface area contributed by atoms with Gasteiger partial charge < -0.3 is 15.4 Å². The Morgan fingerprint density at radius 1 is 1.14 bits per heavy atom. The minimum atomic E-state index is -0.449. The molecule has 28 heavy (non-hydrogen) atoms. The Kier molecular flexibility index (Phi) is 3.67. The first-order chi connectivity index (χ1) is 13.6. The first kappa shape index (κ1) is 16.8. The molecule has 2 N–H and O–H groups in total. The molecule has 2 aliphatic rings. The summed E-state index contributed by atoms with van der Waals surface area (Å²) in [5.74, 6) is 0.137. The van der Waals surface area contributed by atoms with Crippen LogP contribution in [0.15, 0.2) is 48.9 Å². The van der Waals surface area contributed by atoms with Gasteiger partial charge in [-0.25, -0.2) is 9.97 Å². The molecule has 140 valence electrons. The van der Waals surface area contributed by atoms with E-state index < -0.39 is 5.91 Å². The van der Waals surface area contributed by atoms with Gasteiger partial charge in [-0.2, -0.15) is 0 Å². The Balaban J connectivity index is 1.53. The van der Waals surface area contributed by atoms with Gasteiger partial charge in [0.1, 0.15) is 0 Å². The van der Waals surface area contributed by atoms with Gasteiger partial charge in [0, 0.05) is 41.9 Å². The molecule has 3 aromatic rings. The quantitative estimate of drug-likeness (QED) is 0.757. The van der Waals surface area contributed by atoms with E-state index in [0.29, 0.717) is 31.3 Å². The molecule has 0 atom stereocenters. The zero-order valence-electron chi connectivity index (χ0n) is 15.4. The lowest BCUT2D eigenvalue weighted by molar-refractivity contribution is -0.0507. The SMILES string of the molecule is Cc1ccnc(-c2cnc(N3CC4(COC4)c4ccc(C(N)=O)cc43)nc2)c1. The number of hydrogen-bond donors (Lipinski definition) is 1. The molecule has 2 aliphatic heterocycles. The normalized spacial score (nSPS) is 16.7. The van der Waals surface area contributed by atoms with E-state index in [1.807, 2.05) is 36.1 Å². The minimum absolute atomic E-state index is 0.0777. The van der Waals surface area contributed by atoms with Crippen LogP contribution in [0.25, 0.3) is 11.3 Å². The monoisotopic (exact) mass is 373 g/mol. The molecule has 0 aliphatic carbocycles. The largest absolute Gasteiger partial charge is 0.379 e. The van der Waals surface area contributed by atoms with Gasteiger partial charge >= 0.3 is 0 Å². The van der Waals surface area contributed by atoms with Crippen molar-refractivity contribution in [3.8, 4) is 11.3 Å². The van der Waals surface area contributed by atoms with Gasteiger partial charge in [0.05, 0.1) is 24.3 Å². The van der Waals surface area contributed by atoms with Gasteiger partial charge in [0.15, 0.2) is 0 Å². The summed E-state index contributed by atoms with van der Waals surface area (Å²) in [5, 5.41) is 0. The van der Waals surface area contributed by atoms with Gasteiger partial charge in [0.2, 0.25) is 11.9 Å². The van der Waals surface area contributed by atoms with Crippen LogP contribution in [0, 0.1) is 6.92 Å². The van der Waals surface area contributed by atoms with Gasteiger partial charge in [-0.05, 0) is 42.3 Å². The molecule has 0 unspecified atom stereocenters. The van der Waals surface area contributed by atoms with Crippen molar-refractivity contribution in [1.82, 2.24) is 15.0 Å². The summed E-state index contributed by atoms with van der Waals surface area (Å²) in [4.78, 5) is 27.2. The predicted molar refractivity (Wildman–Crippen MR) is 104 cm³/mol. The summed E-state index contributed by atoms with van der Waals surface area (Å²) < 4.78 is 5.50. The average molecular weight is 373 g/mol. The van der Waals surface area contributed by atoms with E-state index in [1.54, 1.807) is 24.7 Å². The molecule has 1 spiro atoms. The number of hydrogen-bond acceptors (Lipinski definition) is 6. The highest BCUT2D eigenvalue weighted by Crippen LogP contribution is 2.47. The number of pyridine rings is 1. The summed E-state index contributed by atoms with van der Waals surface area (Å²) in [7, 11) is 0. The highest BCUT2D eigenvalue weighted by Gasteiger charge is 2.49. The van der Waals surface area contributed by atoms with Gasteiger partial charge in [0.25, 0.3) is 0 Å². The molecule has 1 saturated heterocycles. The summed E-state index contributed by atoms with van der Waals surface area (Å²) in [6.45, 7) is 4.04. The van der Waals surface area contributed by atoms with Crippen LogP contribution >= 0.6 is 0 Å². The Hall–Kier alpha value is -3.32. The Morgan fingerprint density at radius 3 is 2.57 bits per heavy atom. The molecule has 7 nitrogen and oxygen atoms in total. The first-order valence-corrected chi connectivity index (χ1v) is 9.10. The molecule has 2 aromatic heterocycles. The molecule has 1 fully saturated rings. The van der Waals surface area contributed by atoms with E-state index in [2.05, 4.69) is 15.0 Å². The fourth-order valence-corrected chi connectivity index (χ4v) is 3.89. The third-order valence-corrected chi connectivity index (χ3v) is 5.45. The summed E-state index contributed by atoms with van der Waals surface area (Å²) in [6.07, 6.45) is 5.34. The van der Waals surface area contributed by atoms with Crippen molar-refractivity contribution in [3.05, 3.63) is 65.6 Å². The lowest BCUT2D eigenvalue weighted by Crippen LogP contribution is -2.49. The smallest absolute Gasteiger partial charge is 0.248 e. The third-order valence-electron chi connectivity index (χ3n) is 5.45. The lowest BCUT2D eigenvalue weighted by atomic mass is 9.80. The highest BCUT2D eigenvalue weighted by molar-refractivity contribution is 5.94. The Morgan fingerprint density at radius 2 is 1.93 bits per heavy atom. The van der Waals surface area contributed by atoms with E-state index in [9.17, 15) is 4.79 Å². The van der Waals surface area contributed by atoms with Crippen LogP contribution in [0.3, 0.4) is 0 Å². The number of nitrogens with two attached hydrogens (primary N) is 1. The maximum absolute atomic E-state index is 11.7. The number of anilines is 2. The van der Waals surface area contributed by atoms with Crippen LogP contribution < -0.4 is 10.6 Å². The topological polar surface area (TPSA) is 94.2 Å². The van der Waals surface area contributed by atoms with E-state index >= 15 is 0 Å². The molecule has 4 heterocycles. The fourth-order valence-electron chi connectivity index (χ4n) is 3.89. The van der Waals surface area contributed by atoms with Crippen molar-refractivity contribution in [3.63, 3.8) is 0 Å². The molecular formula is C21H19N5O2. The van der Waals surface area contributed by atoms with E-state index in [0.717, 1.165) is 28.1 Å². The fraction of sp³-hybridized carbons (Fsp3) is 0.238. The number of amides is 1. The van der Waals surface area contributed by atoms with Crippen molar-refractivity contribution in [2.75, 3.05) is 24.7 Å². The van der Waals surface area contributed by atoms with Crippen LogP contribution in [0.4, 0.5) is 11.6 Å². The second kappa shape index (κ2) is 6.10. The number of ether oxygens (including phenoxy) is 1. The van der Waals surface area contributed by atoms with Crippen LogP contribution in [0.5, 0.6) is 0 Å². The molecule has 0 saturated carbocycles. The van der Waals surface area contributed by atoms with Crippen molar-refractivity contribution < 1.29 is 9.53 Å². The standard InChI is InChI=1S/C21H19N5O2/c1-13-4-5-23-17(6-13)15-8-24-20(25-9-15)26-10-21(11-28-12-21)16-3-2-14(19(22)27)7-18(16)26/h2-9H,10-12H2,1H3,(H2,22,27). The average Bonchev–Trinajstić information content (AvgIpc) is 3.03. The minimum Gasteiger partial charge on any atom is -0.379 e. The van der Waals surface area contributed by atoms with Crippen molar-refractivity contribution in [2.45, 2.75) is 12.3 Å². The summed E-state index contributed by atoms with van der Waals surface area (Å²) >= 11 is 0. The van der Waals surface area contributed by atoms with E-state index in [1.165, 1.54) is 0 Å². The van der Waals surface area contributed by atoms with Gasteiger partial charge in [-0.3, -0.25) is 9.78 Å². The number of primary amides is 1. The zero-order chi connectivity index (χ0) is 19.3. The Labute approximate surface area is 162 Å². The maximum atomic E-state index is 11.7. The van der Waals surface area contributed by atoms with Gasteiger partial charge in [-0.1, -0.05) is 6.07 Å². The molecule has 1 aromatic carbocycles. The zero-order valence-corrected chi connectivity index (χ0v) is 15.4. The van der Waals surface area contributed by atoms with E-state index in [4.69, 9.17) is 10.5 Å².